The number of aryl methyl sites for hydroxylation is 1. The Hall–Kier alpha value is -2.48. The summed E-state index contributed by atoms with van der Waals surface area (Å²) in [5, 5.41) is 0.752. The van der Waals surface area contributed by atoms with Crippen molar-refractivity contribution in [3.05, 3.63) is 53.6 Å². The van der Waals surface area contributed by atoms with Gasteiger partial charge in [0.05, 0.1) is 29.5 Å². The number of thiazole rings is 1. The fourth-order valence-electron chi connectivity index (χ4n) is 3.85. The van der Waals surface area contributed by atoms with E-state index in [1.165, 1.54) is 5.56 Å². The molecule has 1 aromatic heterocycles. The maximum Gasteiger partial charge on any atom is 0.260 e. The first-order valence-electron chi connectivity index (χ1n) is 11.3. The molecule has 0 radical (unpaired) electrons. The van der Waals surface area contributed by atoms with E-state index in [9.17, 15) is 4.79 Å². The van der Waals surface area contributed by atoms with E-state index in [2.05, 4.69) is 30.0 Å². The van der Waals surface area contributed by atoms with Gasteiger partial charge < -0.3 is 9.47 Å². The molecule has 32 heavy (non-hydrogen) atoms. The summed E-state index contributed by atoms with van der Waals surface area (Å²) < 4.78 is 12.3. The third kappa shape index (κ3) is 5.28. The summed E-state index contributed by atoms with van der Waals surface area (Å²) in [6.07, 6.45) is 1.01. The number of nitrogens with zero attached hydrogens (tertiary/aromatic N) is 3. The minimum absolute atomic E-state index is 0.0357. The number of rotatable bonds is 8. The van der Waals surface area contributed by atoms with Crippen LogP contribution >= 0.6 is 11.3 Å². The summed E-state index contributed by atoms with van der Waals surface area (Å²) in [5.74, 6) is 0.732. The highest BCUT2D eigenvalue weighted by molar-refractivity contribution is 7.22. The lowest BCUT2D eigenvalue weighted by Gasteiger charge is -2.29. The molecule has 2 aromatic carbocycles. The Balaban J connectivity index is 1.61. The Morgan fingerprint density at radius 3 is 2.62 bits per heavy atom. The van der Waals surface area contributed by atoms with Gasteiger partial charge in [-0.1, -0.05) is 30.4 Å². The molecular weight excluding hydrogens is 422 g/mol. The standard InChI is InChI=1S/C25H31N3O3S/c1-4-19-6-5-7-22-23(19)26-25(32-22)28(13-12-27-14-16-30-17-15-27)24(29)20-8-10-21(11-9-20)31-18(2)3/h5-11,18H,4,12-17H2,1-3H3. The Labute approximate surface area is 193 Å². The number of ether oxygens (including phenoxy) is 2. The quantitative estimate of drug-likeness (QED) is 0.498. The lowest BCUT2D eigenvalue weighted by atomic mass is 10.1. The molecule has 170 valence electrons. The summed E-state index contributed by atoms with van der Waals surface area (Å²) in [7, 11) is 0. The van der Waals surface area contributed by atoms with Crippen molar-refractivity contribution in [1.29, 1.82) is 0 Å². The van der Waals surface area contributed by atoms with Gasteiger partial charge in [-0.15, -0.1) is 0 Å². The van der Waals surface area contributed by atoms with Crippen molar-refractivity contribution in [2.75, 3.05) is 44.3 Å². The number of aromatic nitrogens is 1. The maximum atomic E-state index is 13.6. The molecule has 0 unspecified atom stereocenters. The van der Waals surface area contributed by atoms with E-state index < -0.39 is 0 Å². The highest BCUT2D eigenvalue weighted by atomic mass is 32.1. The van der Waals surface area contributed by atoms with Gasteiger partial charge >= 0.3 is 0 Å². The number of fused-ring (bicyclic) bond motifs is 1. The number of benzene rings is 2. The van der Waals surface area contributed by atoms with Crippen LogP contribution in [0.4, 0.5) is 5.13 Å². The molecule has 1 amide bonds. The van der Waals surface area contributed by atoms with Crippen LogP contribution in [0.5, 0.6) is 5.75 Å². The third-order valence-electron chi connectivity index (χ3n) is 5.56. The van der Waals surface area contributed by atoms with Crippen molar-refractivity contribution in [3.8, 4) is 5.75 Å². The van der Waals surface area contributed by atoms with Crippen molar-refractivity contribution < 1.29 is 14.3 Å². The molecule has 3 aromatic rings. The molecule has 0 saturated carbocycles. The zero-order valence-electron chi connectivity index (χ0n) is 19.0. The molecule has 0 N–H and O–H groups in total. The number of hydrogen-bond acceptors (Lipinski definition) is 6. The van der Waals surface area contributed by atoms with Gasteiger partial charge in [0.15, 0.2) is 5.13 Å². The molecule has 1 fully saturated rings. The monoisotopic (exact) mass is 453 g/mol. The van der Waals surface area contributed by atoms with Crippen LogP contribution < -0.4 is 9.64 Å². The van der Waals surface area contributed by atoms with Gasteiger partial charge in [0.2, 0.25) is 0 Å². The van der Waals surface area contributed by atoms with Crippen molar-refractivity contribution in [1.82, 2.24) is 9.88 Å². The second-order valence-corrected chi connectivity index (χ2v) is 9.22. The number of para-hydroxylation sites is 1. The molecule has 2 heterocycles. The molecule has 4 rings (SSSR count). The van der Waals surface area contributed by atoms with Crippen LogP contribution in [0.2, 0.25) is 0 Å². The lowest BCUT2D eigenvalue weighted by Crippen LogP contribution is -2.43. The second kappa shape index (κ2) is 10.4. The number of carbonyl (C=O) groups is 1. The minimum atomic E-state index is -0.0357. The van der Waals surface area contributed by atoms with Gasteiger partial charge in [0.1, 0.15) is 5.75 Å². The summed E-state index contributed by atoms with van der Waals surface area (Å²) in [4.78, 5) is 22.7. The molecule has 6 nitrogen and oxygen atoms in total. The number of carbonyl (C=O) groups excluding carboxylic acids is 1. The first kappa shape index (κ1) is 22.7. The van der Waals surface area contributed by atoms with Crippen LogP contribution in [0.1, 0.15) is 36.7 Å². The first-order valence-corrected chi connectivity index (χ1v) is 12.1. The predicted octanol–water partition coefficient (Wildman–Crippen LogP) is 4.62. The fraction of sp³-hybridized carbons (Fsp3) is 0.440. The number of anilines is 1. The molecule has 0 aliphatic carbocycles. The van der Waals surface area contributed by atoms with E-state index in [4.69, 9.17) is 14.5 Å². The molecule has 0 spiro atoms. The van der Waals surface area contributed by atoms with Gasteiger partial charge in [-0.25, -0.2) is 4.98 Å². The van der Waals surface area contributed by atoms with Crippen molar-refractivity contribution in [2.24, 2.45) is 0 Å². The zero-order valence-corrected chi connectivity index (χ0v) is 19.9. The second-order valence-electron chi connectivity index (χ2n) is 8.22. The molecule has 1 aliphatic heterocycles. The predicted molar refractivity (Wildman–Crippen MR) is 130 cm³/mol. The van der Waals surface area contributed by atoms with Crippen LogP contribution in [0.15, 0.2) is 42.5 Å². The van der Waals surface area contributed by atoms with Crippen LogP contribution in [0.3, 0.4) is 0 Å². The fourth-order valence-corrected chi connectivity index (χ4v) is 4.89. The third-order valence-corrected chi connectivity index (χ3v) is 6.61. The summed E-state index contributed by atoms with van der Waals surface area (Å²) in [6.45, 7) is 10.8. The smallest absolute Gasteiger partial charge is 0.260 e. The molecule has 0 bridgehead atoms. The molecule has 0 atom stereocenters. The van der Waals surface area contributed by atoms with E-state index in [1.807, 2.05) is 43.0 Å². The Morgan fingerprint density at radius 2 is 1.94 bits per heavy atom. The Kier molecular flexibility index (Phi) is 7.40. The molecular formula is C25H31N3O3S. The summed E-state index contributed by atoms with van der Waals surface area (Å²) in [5.41, 5.74) is 2.85. The zero-order chi connectivity index (χ0) is 22.5. The number of morpholine rings is 1. The summed E-state index contributed by atoms with van der Waals surface area (Å²) >= 11 is 1.58. The average Bonchev–Trinajstić information content (AvgIpc) is 3.24. The molecule has 7 heteroatoms. The van der Waals surface area contributed by atoms with E-state index in [-0.39, 0.29) is 12.0 Å². The van der Waals surface area contributed by atoms with Crippen LogP contribution in [-0.2, 0) is 11.2 Å². The minimum Gasteiger partial charge on any atom is -0.491 e. The largest absolute Gasteiger partial charge is 0.491 e. The Morgan fingerprint density at radius 1 is 1.19 bits per heavy atom. The van der Waals surface area contributed by atoms with Crippen LogP contribution in [0.25, 0.3) is 10.2 Å². The van der Waals surface area contributed by atoms with Gasteiger partial charge in [-0.2, -0.15) is 0 Å². The van der Waals surface area contributed by atoms with Gasteiger partial charge in [-0.3, -0.25) is 14.6 Å². The first-order chi connectivity index (χ1) is 15.5. The van der Waals surface area contributed by atoms with E-state index in [1.54, 1.807) is 11.3 Å². The van der Waals surface area contributed by atoms with Crippen LogP contribution in [-0.4, -0.2) is 61.3 Å². The highest BCUT2D eigenvalue weighted by Crippen LogP contribution is 2.32. The normalized spacial score (nSPS) is 14.8. The van der Waals surface area contributed by atoms with E-state index >= 15 is 0 Å². The van der Waals surface area contributed by atoms with Crippen molar-refractivity contribution in [2.45, 2.75) is 33.3 Å². The van der Waals surface area contributed by atoms with Gasteiger partial charge in [0, 0.05) is 31.7 Å². The summed E-state index contributed by atoms with van der Waals surface area (Å²) in [6, 6.07) is 13.7. The van der Waals surface area contributed by atoms with E-state index in [0.717, 1.165) is 60.4 Å². The van der Waals surface area contributed by atoms with Crippen molar-refractivity contribution >= 4 is 32.6 Å². The average molecular weight is 454 g/mol. The van der Waals surface area contributed by atoms with Gasteiger partial charge in [0.25, 0.3) is 5.91 Å². The van der Waals surface area contributed by atoms with Gasteiger partial charge in [-0.05, 0) is 56.2 Å². The Bertz CT molecular complexity index is 1040. The molecule has 1 aliphatic rings. The lowest BCUT2D eigenvalue weighted by molar-refractivity contribution is 0.0391. The highest BCUT2D eigenvalue weighted by Gasteiger charge is 2.23. The van der Waals surface area contributed by atoms with Crippen molar-refractivity contribution in [3.63, 3.8) is 0 Å². The van der Waals surface area contributed by atoms with Crippen LogP contribution in [0, 0.1) is 0 Å². The number of amides is 1. The SMILES string of the molecule is CCc1cccc2sc(N(CCN3CCOCC3)C(=O)c3ccc(OC(C)C)cc3)nc12. The molecule has 1 saturated heterocycles. The topological polar surface area (TPSA) is 54.9 Å². The van der Waals surface area contributed by atoms with E-state index in [0.29, 0.717) is 12.1 Å². The number of hydrogen-bond donors (Lipinski definition) is 0. The maximum absolute atomic E-state index is 13.6.